The number of hydrogen-bond donors (Lipinski definition) is 1. The van der Waals surface area contributed by atoms with Gasteiger partial charge in [-0.05, 0) is 35.8 Å². The summed E-state index contributed by atoms with van der Waals surface area (Å²) in [6.07, 6.45) is 1.86. The molecule has 3 aromatic carbocycles. The monoisotopic (exact) mass is 481 g/mol. The highest BCUT2D eigenvalue weighted by Crippen LogP contribution is 2.37. The van der Waals surface area contributed by atoms with Gasteiger partial charge in [0.05, 0.1) is 12.2 Å². The fraction of sp³-hybridized carbons (Fsp3) is 0.133. The van der Waals surface area contributed by atoms with E-state index >= 15 is 0 Å². The van der Waals surface area contributed by atoms with Crippen LogP contribution in [0.25, 0.3) is 11.6 Å². The summed E-state index contributed by atoms with van der Waals surface area (Å²) >= 11 is 1.40. The van der Waals surface area contributed by atoms with Crippen molar-refractivity contribution in [3.8, 4) is 0 Å². The van der Waals surface area contributed by atoms with E-state index in [1.165, 1.54) is 11.3 Å². The summed E-state index contributed by atoms with van der Waals surface area (Å²) in [6, 6.07) is 31.1. The highest BCUT2D eigenvalue weighted by Gasteiger charge is 2.23. The van der Waals surface area contributed by atoms with Crippen LogP contribution in [0.15, 0.2) is 97.1 Å². The number of esters is 1. The molecule has 0 aliphatic heterocycles. The van der Waals surface area contributed by atoms with E-state index in [2.05, 4.69) is 24.4 Å². The van der Waals surface area contributed by atoms with Gasteiger partial charge >= 0.3 is 5.97 Å². The lowest BCUT2D eigenvalue weighted by molar-refractivity contribution is -0.111. The fourth-order valence-corrected chi connectivity index (χ4v) is 4.89. The minimum absolute atomic E-state index is 0.0634. The average Bonchev–Trinajstić information content (AvgIpc) is 3.32. The fourth-order valence-electron chi connectivity index (χ4n) is 3.77. The van der Waals surface area contributed by atoms with Gasteiger partial charge in [0.25, 0.3) is 5.91 Å². The van der Waals surface area contributed by atoms with Gasteiger partial charge in [0.2, 0.25) is 0 Å². The second-order valence-corrected chi connectivity index (χ2v) is 9.12. The zero-order valence-corrected chi connectivity index (χ0v) is 20.5. The normalized spacial score (nSPS) is 12.1. The Morgan fingerprint density at radius 3 is 2.14 bits per heavy atom. The molecular weight excluding hydrogens is 454 g/mol. The average molecular weight is 482 g/mol. The maximum atomic E-state index is 13.6. The Morgan fingerprint density at radius 1 is 0.914 bits per heavy atom. The zero-order valence-electron chi connectivity index (χ0n) is 19.7. The summed E-state index contributed by atoms with van der Waals surface area (Å²) in [5.74, 6) is -0.668. The van der Waals surface area contributed by atoms with Gasteiger partial charge < -0.3 is 10.1 Å². The first kappa shape index (κ1) is 24.2. The molecule has 0 aliphatic carbocycles. The molecule has 0 spiro atoms. The van der Waals surface area contributed by atoms with Crippen LogP contribution in [0.1, 0.15) is 51.7 Å². The van der Waals surface area contributed by atoms with Crippen LogP contribution in [0.2, 0.25) is 0 Å². The third-order valence-electron chi connectivity index (χ3n) is 5.64. The molecule has 1 N–H and O–H groups in total. The zero-order chi connectivity index (χ0) is 24.6. The maximum absolute atomic E-state index is 13.6. The molecule has 0 radical (unpaired) electrons. The van der Waals surface area contributed by atoms with Gasteiger partial charge in [0.1, 0.15) is 5.00 Å². The summed E-state index contributed by atoms with van der Waals surface area (Å²) < 4.78 is 5.29. The van der Waals surface area contributed by atoms with Crippen LogP contribution in [0.4, 0.5) is 5.00 Å². The van der Waals surface area contributed by atoms with Crippen molar-refractivity contribution >= 4 is 39.9 Å². The third-order valence-corrected chi connectivity index (χ3v) is 6.87. The molecule has 0 fully saturated rings. The molecule has 1 atom stereocenters. The second-order valence-electron chi connectivity index (χ2n) is 8.03. The van der Waals surface area contributed by atoms with Crippen LogP contribution in [-0.4, -0.2) is 18.5 Å². The lowest BCUT2D eigenvalue weighted by atomic mass is 9.99. The van der Waals surface area contributed by atoms with E-state index in [-0.39, 0.29) is 18.4 Å². The molecule has 0 saturated carbocycles. The van der Waals surface area contributed by atoms with E-state index in [1.807, 2.05) is 91.0 Å². The Labute approximate surface area is 209 Å². The van der Waals surface area contributed by atoms with Crippen LogP contribution in [0.3, 0.4) is 0 Å². The van der Waals surface area contributed by atoms with Gasteiger partial charge in [-0.15, -0.1) is 11.3 Å². The van der Waals surface area contributed by atoms with Crippen molar-refractivity contribution in [2.24, 2.45) is 0 Å². The molecule has 5 heteroatoms. The highest BCUT2D eigenvalue weighted by atomic mass is 32.1. The Morgan fingerprint density at radius 2 is 1.51 bits per heavy atom. The molecule has 1 aromatic heterocycles. The first-order valence-corrected chi connectivity index (χ1v) is 12.4. The number of benzene rings is 3. The summed E-state index contributed by atoms with van der Waals surface area (Å²) in [5.41, 5.74) is 3.72. The number of amides is 1. The summed E-state index contributed by atoms with van der Waals surface area (Å²) in [5, 5.41) is 3.49. The Bertz CT molecular complexity index is 1310. The Hall–Kier alpha value is -3.96. The molecule has 1 heterocycles. The molecule has 0 aliphatic rings. The molecule has 1 amide bonds. The molecule has 176 valence electrons. The Balaban J connectivity index is 1.71. The molecular formula is C30H27NO3S. The van der Waals surface area contributed by atoms with Crippen molar-refractivity contribution in [2.45, 2.75) is 19.8 Å². The van der Waals surface area contributed by atoms with Gasteiger partial charge in [0.15, 0.2) is 0 Å². The first-order valence-electron chi connectivity index (χ1n) is 11.6. The van der Waals surface area contributed by atoms with Gasteiger partial charge in [-0.3, -0.25) is 4.79 Å². The van der Waals surface area contributed by atoms with Crippen molar-refractivity contribution in [3.05, 3.63) is 124 Å². The summed E-state index contributed by atoms with van der Waals surface area (Å²) in [6.45, 7) is 4.12. The second kappa shape index (κ2) is 11.4. The number of rotatable bonds is 8. The first-order chi connectivity index (χ1) is 17.1. The third kappa shape index (κ3) is 5.94. The number of anilines is 1. The van der Waals surface area contributed by atoms with Crippen LogP contribution < -0.4 is 5.32 Å². The quantitative estimate of drug-likeness (QED) is 0.164. The van der Waals surface area contributed by atoms with Gasteiger partial charge in [0, 0.05) is 16.4 Å². The molecule has 35 heavy (non-hydrogen) atoms. The number of nitrogens with one attached hydrogen (secondary N) is 1. The lowest BCUT2D eigenvalue weighted by Crippen LogP contribution is -2.15. The molecule has 4 rings (SSSR count). The predicted molar refractivity (Wildman–Crippen MR) is 144 cm³/mol. The van der Waals surface area contributed by atoms with E-state index < -0.39 is 5.97 Å². The standard InChI is InChI=1S/C30H27NO3S/c1-3-34-30(33)26-20-27(21(2)23-15-9-5-10-16-23)35-29(26)31-28(32)25(24-17-11-6-12-18-24)19-22-13-7-4-8-14-22/h4-21H,3H2,1-2H3,(H,31,32)/b25-19+/t21-/m0/s1. The van der Waals surface area contributed by atoms with Crippen LogP contribution in [0, 0.1) is 0 Å². The van der Waals surface area contributed by atoms with Crippen LogP contribution in [0.5, 0.6) is 0 Å². The highest BCUT2D eigenvalue weighted by molar-refractivity contribution is 7.16. The number of thiophene rings is 1. The van der Waals surface area contributed by atoms with Crippen molar-refractivity contribution in [1.29, 1.82) is 0 Å². The van der Waals surface area contributed by atoms with Crippen molar-refractivity contribution < 1.29 is 14.3 Å². The van der Waals surface area contributed by atoms with Crippen LogP contribution >= 0.6 is 11.3 Å². The van der Waals surface area contributed by atoms with Gasteiger partial charge in [-0.2, -0.15) is 0 Å². The maximum Gasteiger partial charge on any atom is 0.341 e. The minimum Gasteiger partial charge on any atom is -0.462 e. The van der Waals surface area contributed by atoms with E-state index in [0.29, 0.717) is 16.1 Å². The predicted octanol–water partition coefficient (Wildman–Crippen LogP) is 7.26. The number of carbonyl (C=O) groups is 2. The van der Waals surface area contributed by atoms with Gasteiger partial charge in [-0.25, -0.2) is 4.79 Å². The summed E-state index contributed by atoms with van der Waals surface area (Å²) in [4.78, 5) is 27.3. The minimum atomic E-state index is -0.445. The number of hydrogen-bond acceptors (Lipinski definition) is 4. The van der Waals surface area contributed by atoms with E-state index in [0.717, 1.165) is 21.6 Å². The van der Waals surface area contributed by atoms with Crippen molar-refractivity contribution in [2.75, 3.05) is 11.9 Å². The molecule has 4 aromatic rings. The lowest BCUT2D eigenvalue weighted by Gasteiger charge is -2.11. The molecule has 0 bridgehead atoms. The molecule has 0 saturated heterocycles. The smallest absolute Gasteiger partial charge is 0.341 e. The van der Waals surface area contributed by atoms with Gasteiger partial charge in [-0.1, -0.05) is 97.9 Å². The molecule has 4 nitrogen and oxygen atoms in total. The van der Waals surface area contributed by atoms with Crippen LogP contribution in [-0.2, 0) is 9.53 Å². The summed E-state index contributed by atoms with van der Waals surface area (Å²) in [7, 11) is 0. The largest absolute Gasteiger partial charge is 0.462 e. The van der Waals surface area contributed by atoms with Crippen molar-refractivity contribution in [1.82, 2.24) is 0 Å². The number of ether oxygens (including phenoxy) is 1. The van der Waals surface area contributed by atoms with E-state index in [1.54, 1.807) is 6.92 Å². The van der Waals surface area contributed by atoms with E-state index in [9.17, 15) is 9.59 Å². The SMILES string of the molecule is CCOC(=O)c1cc([C@@H](C)c2ccccc2)sc1NC(=O)/C(=C/c1ccccc1)c1ccccc1. The molecule has 0 unspecified atom stereocenters. The Kier molecular flexibility index (Phi) is 7.91. The topological polar surface area (TPSA) is 55.4 Å². The van der Waals surface area contributed by atoms with Crippen molar-refractivity contribution in [3.63, 3.8) is 0 Å². The number of carbonyl (C=O) groups excluding carboxylic acids is 2. The van der Waals surface area contributed by atoms with E-state index in [4.69, 9.17) is 4.74 Å².